The molecule has 2 heterocycles. The summed E-state index contributed by atoms with van der Waals surface area (Å²) in [6, 6.07) is 1.33. The van der Waals surface area contributed by atoms with Crippen LogP contribution in [0.3, 0.4) is 0 Å². The van der Waals surface area contributed by atoms with Crippen LogP contribution in [-0.4, -0.2) is 17.0 Å². The number of hydrogen-bond acceptors (Lipinski definition) is 3. The maximum atomic E-state index is 11.2. The number of nitrogens with one attached hydrogen (secondary N) is 1. The molecule has 0 saturated carbocycles. The lowest BCUT2D eigenvalue weighted by Crippen LogP contribution is -2.17. The van der Waals surface area contributed by atoms with E-state index in [4.69, 9.17) is 0 Å². The third kappa shape index (κ3) is 0.887. The van der Waals surface area contributed by atoms with Crippen molar-refractivity contribution in [3.8, 4) is 0 Å². The zero-order chi connectivity index (χ0) is 8.55. The minimum Gasteiger partial charge on any atom is -0.346 e. The molecule has 0 amide bonds. The molecule has 0 fully saturated rings. The number of Topliss-reactive ketones (excluding diaryl/α,β-unsaturated/α-hetero) is 1. The predicted molar refractivity (Wildman–Crippen MR) is 44.2 cm³/mol. The van der Waals surface area contributed by atoms with Gasteiger partial charge in [-0.25, -0.2) is 4.99 Å². The number of ketones is 1. The van der Waals surface area contributed by atoms with Crippen LogP contribution in [0, 0.1) is 0 Å². The average Bonchev–Trinajstić information content (AvgIpc) is 2.04. The summed E-state index contributed by atoms with van der Waals surface area (Å²) in [5.41, 5.74) is -0.0781. The van der Waals surface area contributed by atoms with E-state index >= 15 is 0 Å². The van der Waals surface area contributed by atoms with Crippen LogP contribution in [0.1, 0.15) is 16.8 Å². The Hall–Kier alpha value is -1.71. The van der Waals surface area contributed by atoms with Crippen LogP contribution in [0.5, 0.6) is 0 Å². The van der Waals surface area contributed by atoms with Gasteiger partial charge in [0.1, 0.15) is 11.4 Å². The summed E-state index contributed by atoms with van der Waals surface area (Å²) >= 11 is 0. The van der Waals surface area contributed by atoms with Crippen molar-refractivity contribution in [1.82, 2.24) is 4.98 Å². The number of hydrogen-bond donors (Lipinski definition) is 1. The normalized spacial score (nSPS) is 14.5. The first-order valence-corrected chi connectivity index (χ1v) is 3.56. The zero-order valence-corrected chi connectivity index (χ0v) is 6.20. The highest BCUT2D eigenvalue weighted by molar-refractivity contribution is 6.09. The molecule has 4 nitrogen and oxygen atoms in total. The Bertz CT molecular complexity index is 417. The molecule has 1 aromatic heterocycles. The third-order valence-corrected chi connectivity index (χ3v) is 1.71. The second kappa shape index (κ2) is 2.41. The fraction of sp³-hybridized carbons (Fsp3) is 0.125. The van der Waals surface area contributed by atoms with Gasteiger partial charge >= 0.3 is 0 Å². The summed E-state index contributed by atoms with van der Waals surface area (Å²) in [5, 5.41) is 0. The SMILES string of the molecule is O=C1CC=Nc2[nH]ccc(=O)c21. The standard InChI is InChI=1S/C8H6N2O2/c11-5-1-3-9-8-7(5)6(12)2-4-10-8/h1,3-4H,2H2,(H,9,11). The van der Waals surface area contributed by atoms with Crippen LogP contribution in [0.15, 0.2) is 22.1 Å². The van der Waals surface area contributed by atoms with Crippen molar-refractivity contribution >= 4 is 17.8 Å². The fourth-order valence-corrected chi connectivity index (χ4v) is 1.16. The molecular weight excluding hydrogens is 156 g/mol. The Morgan fingerprint density at radius 1 is 1.42 bits per heavy atom. The molecule has 2 rings (SSSR count). The van der Waals surface area contributed by atoms with Crippen molar-refractivity contribution in [2.24, 2.45) is 4.99 Å². The number of H-pyrrole nitrogens is 1. The van der Waals surface area contributed by atoms with E-state index in [0.717, 1.165) is 0 Å². The first kappa shape index (κ1) is 6.97. The van der Waals surface area contributed by atoms with E-state index < -0.39 is 0 Å². The lowest BCUT2D eigenvalue weighted by Gasteiger charge is -2.05. The molecular formula is C8H6N2O2. The number of aromatic nitrogens is 1. The highest BCUT2D eigenvalue weighted by Gasteiger charge is 2.17. The highest BCUT2D eigenvalue weighted by atomic mass is 16.1. The molecule has 12 heavy (non-hydrogen) atoms. The fourth-order valence-electron chi connectivity index (χ4n) is 1.16. The van der Waals surface area contributed by atoms with E-state index in [0.29, 0.717) is 5.82 Å². The average molecular weight is 162 g/mol. The monoisotopic (exact) mass is 162 g/mol. The van der Waals surface area contributed by atoms with Gasteiger partial charge in [0.2, 0.25) is 0 Å². The van der Waals surface area contributed by atoms with Gasteiger partial charge in [-0.2, -0.15) is 0 Å². The van der Waals surface area contributed by atoms with E-state index in [1.54, 1.807) is 0 Å². The summed E-state index contributed by atoms with van der Waals surface area (Å²) in [7, 11) is 0. The van der Waals surface area contributed by atoms with Crippen LogP contribution in [0.2, 0.25) is 0 Å². The molecule has 1 aromatic rings. The second-order valence-corrected chi connectivity index (χ2v) is 2.50. The maximum absolute atomic E-state index is 11.2. The Morgan fingerprint density at radius 2 is 2.25 bits per heavy atom. The first-order valence-electron chi connectivity index (χ1n) is 3.56. The van der Waals surface area contributed by atoms with Crippen molar-refractivity contribution in [1.29, 1.82) is 0 Å². The Labute approximate surface area is 68.0 Å². The van der Waals surface area contributed by atoms with Gasteiger partial charge in [-0.3, -0.25) is 9.59 Å². The smallest absolute Gasteiger partial charge is 0.194 e. The van der Waals surface area contributed by atoms with Gasteiger partial charge in [-0.1, -0.05) is 0 Å². The Kier molecular flexibility index (Phi) is 1.40. The lowest BCUT2D eigenvalue weighted by atomic mass is 10.1. The molecule has 1 aliphatic heterocycles. The minimum atomic E-state index is -0.259. The van der Waals surface area contributed by atoms with Gasteiger partial charge in [-0.15, -0.1) is 0 Å². The molecule has 1 N–H and O–H groups in total. The quantitative estimate of drug-likeness (QED) is 0.609. The molecule has 0 aromatic carbocycles. The van der Waals surface area contributed by atoms with Crippen molar-refractivity contribution in [3.63, 3.8) is 0 Å². The Balaban J connectivity index is 2.79. The third-order valence-electron chi connectivity index (χ3n) is 1.71. The van der Waals surface area contributed by atoms with Gasteiger partial charge in [0, 0.05) is 24.9 Å². The summed E-state index contributed by atoms with van der Waals surface area (Å²) in [4.78, 5) is 29.0. The first-order chi connectivity index (χ1) is 5.79. The number of fused-ring (bicyclic) bond motifs is 1. The van der Waals surface area contributed by atoms with Gasteiger partial charge in [0.25, 0.3) is 0 Å². The largest absolute Gasteiger partial charge is 0.346 e. The van der Waals surface area contributed by atoms with Gasteiger partial charge < -0.3 is 4.98 Å². The van der Waals surface area contributed by atoms with Crippen molar-refractivity contribution in [2.45, 2.75) is 6.42 Å². The van der Waals surface area contributed by atoms with Crippen LogP contribution in [0.25, 0.3) is 0 Å². The number of rotatable bonds is 0. The molecule has 0 atom stereocenters. The number of nitrogens with zero attached hydrogens (tertiary/aromatic N) is 1. The molecule has 0 aliphatic carbocycles. The zero-order valence-electron chi connectivity index (χ0n) is 6.20. The maximum Gasteiger partial charge on any atom is 0.194 e. The van der Waals surface area contributed by atoms with Crippen LogP contribution in [-0.2, 0) is 0 Å². The number of aliphatic imine (C=N–C) groups is 1. The molecule has 60 valence electrons. The summed E-state index contributed by atoms with van der Waals surface area (Å²) in [6.07, 6.45) is 3.21. The minimum absolute atomic E-state index is 0.165. The van der Waals surface area contributed by atoms with E-state index in [1.807, 2.05) is 0 Å². The van der Waals surface area contributed by atoms with E-state index in [2.05, 4.69) is 9.98 Å². The molecule has 0 unspecified atom stereocenters. The molecule has 0 bridgehead atoms. The molecule has 4 heteroatoms. The number of pyridine rings is 1. The van der Waals surface area contributed by atoms with E-state index in [1.165, 1.54) is 18.5 Å². The number of aromatic amines is 1. The van der Waals surface area contributed by atoms with E-state index in [-0.39, 0.29) is 23.2 Å². The Morgan fingerprint density at radius 3 is 3.00 bits per heavy atom. The van der Waals surface area contributed by atoms with Crippen LogP contribution < -0.4 is 5.43 Å². The van der Waals surface area contributed by atoms with Crippen molar-refractivity contribution in [2.75, 3.05) is 0 Å². The molecule has 0 spiro atoms. The molecule has 0 radical (unpaired) electrons. The predicted octanol–water partition coefficient (Wildman–Crippen LogP) is 0.664. The van der Waals surface area contributed by atoms with Crippen molar-refractivity contribution in [3.05, 3.63) is 28.0 Å². The second-order valence-electron chi connectivity index (χ2n) is 2.50. The van der Waals surface area contributed by atoms with Gasteiger partial charge in [-0.05, 0) is 0 Å². The number of carbonyl (C=O) groups excluding carboxylic acids is 1. The number of carbonyl (C=O) groups is 1. The summed E-state index contributed by atoms with van der Waals surface area (Å²) in [6.45, 7) is 0. The van der Waals surface area contributed by atoms with Crippen molar-refractivity contribution < 1.29 is 4.79 Å². The molecule has 1 aliphatic rings. The van der Waals surface area contributed by atoms with Gasteiger partial charge in [0.15, 0.2) is 11.2 Å². The summed E-state index contributed by atoms with van der Waals surface area (Å²) < 4.78 is 0. The topological polar surface area (TPSA) is 62.3 Å². The van der Waals surface area contributed by atoms with Crippen LogP contribution >= 0.6 is 0 Å². The highest BCUT2D eigenvalue weighted by Crippen LogP contribution is 2.16. The molecule has 0 saturated heterocycles. The van der Waals surface area contributed by atoms with E-state index in [9.17, 15) is 9.59 Å². The van der Waals surface area contributed by atoms with Gasteiger partial charge in [0.05, 0.1) is 0 Å². The lowest BCUT2D eigenvalue weighted by molar-refractivity contribution is 0.0999. The van der Waals surface area contributed by atoms with Crippen LogP contribution in [0.4, 0.5) is 5.82 Å². The summed E-state index contributed by atoms with van der Waals surface area (Å²) in [5.74, 6) is 0.209.